The molecule has 2 heteroatoms. The van der Waals surface area contributed by atoms with E-state index in [0.29, 0.717) is 0 Å². The molecule has 0 aliphatic carbocycles. The van der Waals surface area contributed by atoms with Crippen LogP contribution in [0.2, 0.25) is 0 Å². The van der Waals surface area contributed by atoms with Crippen LogP contribution in [0.25, 0.3) is 22.3 Å². The van der Waals surface area contributed by atoms with Gasteiger partial charge in [0.15, 0.2) is 0 Å². The fourth-order valence-corrected chi connectivity index (χ4v) is 4.64. The van der Waals surface area contributed by atoms with E-state index in [9.17, 15) is 0 Å². The van der Waals surface area contributed by atoms with Crippen molar-refractivity contribution in [3.8, 4) is 22.3 Å². The third kappa shape index (κ3) is 3.16. The molecule has 0 fully saturated rings. The van der Waals surface area contributed by atoms with Gasteiger partial charge in [-0.15, -0.1) is 0 Å². The minimum Gasteiger partial charge on any atom is -0.151 e. The molecule has 0 spiro atoms. The Morgan fingerprint density at radius 1 is 0.625 bits per heavy atom. The van der Waals surface area contributed by atoms with Crippen molar-refractivity contribution < 1.29 is 0 Å². The van der Waals surface area contributed by atoms with E-state index in [1.165, 1.54) is 32.0 Å². The van der Waals surface area contributed by atoms with Gasteiger partial charge in [-0.3, -0.25) is 0 Å². The van der Waals surface area contributed by atoms with Gasteiger partial charge in [-0.05, 0) is 34.2 Å². The van der Waals surface area contributed by atoms with Crippen LogP contribution in [0.4, 0.5) is 0 Å². The summed E-state index contributed by atoms with van der Waals surface area (Å²) in [6, 6.07) is 30.1. The molecular formula is C22H16S2. The van der Waals surface area contributed by atoms with Gasteiger partial charge in [0.25, 0.3) is 0 Å². The lowest BCUT2D eigenvalue weighted by Crippen LogP contribution is -1.88. The smallest absolute Gasteiger partial charge is 0.0229 e. The van der Waals surface area contributed by atoms with Crippen molar-refractivity contribution >= 4 is 23.1 Å². The molecule has 0 saturated heterocycles. The Kier molecular flexibility index (Phi) is 4.50. The van der Waals surface area contributed by atoms with Crippen LogP contribution in [0.3, 0.4) is 0 Å². The Bertz CT molecular complexity index is 911. The molecule has 24 heavy (non-hydrogen) atoms. The summed E-state index contributed by atoms with van der Waals surface area (Å²) in [6.07, 6.45) is 0. The minimum atomic E-state index is 1.25. The molecule has 0 nitrogen and oxygen atoms in total. The van der Waals surface area contributed by atoms with Gasteiger partial charge in [-0.25, -0.2) is 0 Å². The fourth-order valence-electron chi connectivity index (χ4n) is 2.81. The predicted molar refractivity (Wildman–Crippen MR) is 106 cm³/mol. The van der Waals surface area contributed by atoms with E-state index in [1.54, 1.807) is 11.3 Å². The van der Waals surface area contributed by atoms with E-state index in [1.807, 2.05) is 11.8 Å². The van der Waals surface area contributed by atoms with Gasteiger partial charge in [0.05, 0.1) is 0 Å². The normalized spacial score (nSPS) is 10.7. The number of hydrogen-bond donors (Lipinski definition) is 0. The molecule has 4 rings (SSSR count). The molecule has 0 saturated carbocycles. The number of benzene rings is 3. The summed E-state index contributed by atoms with van der Waals surface area (Å²) in [4.78, 5) is 2.59. The van der Waals surface area contributed by atoms with Crippen molar-refractivity contribution in [2.45, 2.75) is 9.79 Å². The second-order valence-corrected chi connectivity index (χ2v) is 7.37. The monoisotopic (exact) mass is 344 g/mol. The molecular weight excluding hydrogens is 328 g/mol. The molecule has 0 bridgehead atoms. The van der Waals surface area contributed by atoms with Crippen molar-refractivity contribution in [1.29, 1.82) is 0 Å². The van der Waals surface area contributed by atoms with Crippen LogP contribution in [0.15, 0.2) is 105 Å². The Morgan fingerprint density at radius 2 is 1.33 bits per heavy atom. The third-order valence-electron chi connectivity index (χ3n) is 3.90. The van der Waals surface area contributed by atoms with Crippen molar-refractivity contribution in [2.24, 2.45) is 0 Å². The zero-order chi connectivity index (χ0) is 16.2. The maximum absolute atomic E-state index is 2.22. The molecule has 0 amide bonds. The minimum absolute atomic E-state index is 1.25. The summed E-state index contributed by atoms with van der Waals surface area (Å²) >= 11 is 3.58. The Hall–Kier alpha value is -2.29. The quantitative estimate of drug-likeness (QED) is 0.376. The molecule has 4 aromatic rings. The Labute approximate surface area is 150 Å². The average Bonchev–Trinajstić information content (AvgIpc) is 3.16. The SMILES string of the molecule is c1ccc(-c2cccc(Sc3ccsc3)c2-c2ccccc2)cc1. The number of thiophene rings is 1. The lowest BCUT2D eigenvalue weighted by molar-refractivity contribution is 1.42. The molecule has 0 aliphatic heterocycles. The summed E-state index contributed by atoms with van der Waals surface area (Å²) in [5.41, 5.74) is 5.10. The van der Waals surface area contributed by atoms with Crippen LogP contribution in [0, 0.1) is 0 Å². The van der Waals surface area contributed by atoms with Crippen LogP contribution in [0.5, 0.6) is 0 Å². The summed E-state index contributed by atoms with van der Waals surface area (Å²) in [5.74, 6) is 0. The summed E-state index contributed by atoms with van der Waals surface area (Å²) < 4.78 is 0. The first-order valence-corrected chi connectivity index (χ1v) is 9.62. The van der Waals surface area contributed by atoms with Gasteiger partial charge in [0.2, 0.25) is 0 Å². The zero-order valence-electron chi connectivity index (χ0n) is 13.1. The van der Waals surface area contributed by atoms with Gasteiger partial charge in [-0.1, -0.05) is 84.6 Å². The molecule has 1 aromatic heterocycles. The molecule has 0 unspecified atom stereocenters. The largest absolute Gasteiger partial charge is 0.151 e. The highest BCUT2D eigenvalue weighted by molar-refractivity contribution is 7.99. The highest BCUT2D eigenvalue weighted by atomic mass is 32.2. The fraction of sp³-hybridized carbons (Fsp3) is 0. The maximum Gasteiger partial charge on any atom is 0.0229 e. The van der Waals surface area contributed by atoms with E-state index in [0.717, 1.165) is 0 Å². The van der Waals surface area contributed by atoms with Gasteiger partial charge in [0, 0.05) is 20.7 Å². The van der Waals surface area contributed by atoms with E-state index >= 15 is 0 Å². The van der Waals surface area contributed by atoms with Crippen molar-refractivity contribution in [3.05, 3.63) is 95.7 Å². The summed E-state index contributed by atoms with van der Waals surface area (Å²) in [7, 11) is 0. The molecule has 3 aromatic carbocycles. The lowest BCUT2D eigenvalue weighted by atomic mass is 9.94. The first-order valence-electron chi connectivity index (χ1n) is 7.86. The van der Waals surface area contributed by atoms with E-state index in [2.05, 4.69) is 95.7 Å². The van der Waals surface area contributed by atoms with E-state index in [4.69, 9.17) is 0 Å². The van der Waals surface area contributed by atoms with Crippen LogP contribution in [0.1, 0.15) is 0 Å². The number of hydrogen-bond acceptors (Lipinski definition) is 2. The van der Waals surface area contributed by atoms with Gasteiger partial charge in [-0.2, -0.15) is 11.3 Å². The highest BCUT2D eigenvalue weighted by Gasteiger charge is 2.13. The molecule has 116 valence electrons. The first kappa shape index (κ1) is 15.3. The average molecular weight is 345 g/mol. The van der Waals surface area contributed by atoms with E-state index in [-0.39, 0.29) is 0 Å². The second-order valence-electron chi connectivity index (χ2n) is 5.47. The standard InChI is InChI=1S/C22H16S2/c1-3-8-17(9-4-1)20-12-7-13-21(24-19-14-15-23-16-19)22(20)18-10-5-2-6-11-18/h1-16H. The van der Waals surface area contributed by atoms with Crippen molar-refractivity contribution in [1.82, 2.24) is 0 Å². The third-order valence-corrected chi connectivity index (χ3v) is 5.78. The van der Waals surface area contributed by atoms with E-state index < -0.39 is 0 Å². The van der Waals surface area contributed by atoms with Crippen molar-refractivity contribution in [2.75, 3.05) is 0 Å². The molecule has 0 atom stereocenters. The van der Waals surface area contributed by atoms with Crippen LogP contribution < -0.4 is 0 Å². The maximum atomic E-state index is 2.22. The molecule has 0 radical (unpaired) electrons. The van der Waals surface area contributed by atoms with Crippen LogP contribution in [-0.4, -0.2) is 0 Å². The van der Waals surface area contributed by atoms with Gasteiger partial charge in [0.1, 0.15) is 0 Å². The highest BCUT2D eigenvalue weighted by Crippen LogP contribution is 2.42. The van der Waals surface area contributed by atoms with Crippen LogP contribution in [-0.2, 0) is 0 Å². The topological polar surface area (TPSA) is 0 Å². The van der Waals surface area contributed by atoms with Gasteiger partial charge >= 0.3 is 0 Å². The molecule has 1 heterocycles. The van der Waals surface area contributed by atoms with Crippen LogP contribution >= 0.6 is 23.1 Å². The molecule has 0 N–H and O–H groups in total. The van der Waals surface area contributed by atoms with Gasteiger partial charge < -0.3 is 0 Å². The predicted octanol–water partition coefficient (Wildman–Crippen LogP) is 7.23. The Morgan fingerprint density at radius 3 is 2.00 bits per heavy atom. The second kappa shape index (κ2) is 7.08. The zero-order valence-corrected chi connectivity index (χ0v) is 14.7. The summed E-state index contributed by atoms with van der Waals surface area (Å²) in [5, 5.41) is 4.33. The first-order chi connectivity index (χ1) is 11.9. The number of rotatable bonds is 4. The Balaban J connectivity index is 1.91. The lowest BCUT2D eigenvalue weighted by Gasteiger charge is -2.15. The van der Waals surface area contributed by atoms with Crippen molar-refractivity contribution in [3.63, 3.8) is 0 Å². The summed E-state index contributed by atoms with van der Waals surface area (Å²) in [6.45, 7) is 0. The molecule has 0 aliphatic rings.